The molecule has 0 fully saturated rings. The first-order valence-electron chi connectivity index (χ1n) is 7.34. The van der Waals surface area contributed by atoms with Crippen molar-refractivity contribution in [3.8, 4) is 0 Å². The van der Waals surface area contributed by atoms with Crippen LogP contribution in [-0.2, 0) is 14.4 Å². The van der Waals surface area contributed by atoms with E-state index in [0.29, 0.717) is 28.6 Å². The molecule has 0 aromatic heterocycles. The zero-order valence-corrected chi connectivity index (χ0v) is 14.5. The summed E-state index contributed by atoms with van der Waals surface area (Å²) in [4.78, 5) is 28.1. The van der Waals surface area contributed by atoms with Crippen LogP contribution in [0, 0.1) is 0 Å². The van der Waals surface area contributed by atoms with E-state index in [1.165, 1.54) is 12.3 Å². The van der Waals surface area contributed by atoms with Gasteiger partial charge in [0.2, 0.25) is 0 Å². The number of nitrogens with one attached hydrogen (secondary N) is 2. The number of nitrogens with zero attached hydrogens (tertiary/aromatic N) is 1. The molecule has 0 spiro atoms. The largest absolute Gasteiger partial charge is 0.463 e. The molecule has 0 saturated carbocycles. The molecule has 1 aromatic rings. The Hall–Kier alpha value is -2.54. The van der Waals surface area contributed by atoms with Crippen molar-refractivity contribution in [2.45, 2.75) is 20.8 Å². The molecule has 8 heteroatoms. The van der Waals surface area contributed by atoms with E-state index in [-0.39, 0.29) is 6.61 Å². The van der Waals surface area contributed by atoms with E-state index in [1.54, 1.807) is 32.0 Å². The van der Waals surface area contributed by atoms with Gasteiger partial charge in [-0.15, -0.1) is 0 Å². The van der Waals surface area contributed by atoms with E-state index in [2.05, 4.69) is 15.8 Å². The van der Waals surface area contributed by atoms with Crippen LogP contribution in [0.25, 0.3) is 0 Å². The number of amides is 2. The molecular weight excluding hydrogens is 334 g/mol. The number of esters is 1. The van der Waals surface area contributed by atoms with E-state index >= 15 is 0 Å². The van der Waals surface area contributed by atoms with Crippen molar-refractivity contribution in [3.63, 3.8) is 0 Å². The maximum absolute atomic E-state index is 11.9. The molecule has 0 atom stereocenters. The number of ether oxygens (including phenoxy) is 1. The Morgan fingerprint density at radius 1 is 1.29 bits per heavy atom. The van der Waals surface area contributed by atoms with Gasteiger partial charge in [-0.05, 0) is 39.0 Å². The molecule has 130 valence electrons. The number of halogens is 1. The minimum atomic E-state index is -0.517. The van der Waals surface area contributed by atoms with Crippen LogP contribution in [0.3, 0.4) is 0 Å². The van der Waals surface area contributed by atoms with Gasteiger partial charge in [0.15, 0.2) is 0 Å². The van der Waals surface area contributed by atoms with E-state index < -0.39 is 12.0 Å². The zero-order valence-electron chi connectivity index (χ0n) is 13.8. The molecule has 0 heterocycles. The topological polar surface area (TPSA) is 89.0 Å². The zero-order chi connectivity index (χ0) is 17.9. The van der Waals surface area contributed by atoms with Gasteiger partial charge in [-0.2, -0.15) is 0 Å². The third-order valence-corrected chi connectivity index (χ3v) is 2.93. The molecule has 0 aliphatic heterocycles. The van der Waals surface area contributed by atoms with Gasteiger partial charge in [0.05, 0.1) is 12.8 Å². The molecule has 24 heavy (non-hydrogen) atoms. The number of oxime groups is 1. The number of carbonyl (C=O) groups excluding carboxylic acids is 2. The van der Waals surface area contributed by atoms with Crippen LogP contribution in [0.15, 0.2) is 35.1 Å². The lowest BCUT2D eigenvalue weighted by atomic mass is 10.2. The molecule has 0 bridgehead atoms. The average Bonchev–Trinajstić information content (AvgIpc) is 2.50. The smallest absolute Gasteiger partial charge is 0.332 e. The van der Waals surface area contributed by atoms with Crippen molar-refractivity contribution >= 4 is 35.5 Å². The van der Waals surface area contributed by atoms with Crippen molar-refractivity contribution in [1.29, 1.82) is 0 Å². The SMILES string of the molecule is CCO/N=C/c1cc(NC(=O)N/C(C)=C\C(=O)OCC)ccc1Cl. The Bertz CT molecular complexity index is 644. The fourth-order valence-electron chi connectivity index (χ4n) is 1.63. The first kappa shape index (κ1) is 19.5. The third-order valence-electron chi connectivity index (χ3n) is 2.58. The number of rotatable bonds is 7. The van der Waals surface area contributed by atoms with Crippen LogP contribution in [0.5, 0.6) is 0 Å². The Kier molecular flexibility index (Phi) is 8.35. The average molecular weight is 354 g/mol. The number of anilines is 1. The number of carbonyl (C=O) groups is 2. The van der Waals surface area contributed by atoms with Gasteiger partial charge in [-0.3, -0.25) is 0 Å². The molecule has 2 amide bonds. The quantitative estimate of drug-likeness (QED) is 0.340. The molecule has 2 N–H and O–H groups in total. The van der Waals surface area contributed by atoms with E-state index in [0.717, 1.165) is 0 Å². The lowest BCUT2D eigenvalue weighted by molar-refractivity contribution is -0.137. The number of hydrogen-bond acceptors (Lipinski definition) is 5. The Balaban J connectivity index is 2.70. The molecular formula is C16H20ClN3O4. The molecule has 1 rings (SSSR count). The highest BCUT2D eigenvalue weighted by atomic mass is 35.5. The van der Waals surface area contributed by atoms with Gasteiger partial charge >= 0.3 is 12.0 Å². The molecule has 0 radical (unpaired) electrons. The fraction of sp³-hybridized carbons (Fsp3) is 0.312. The summed E-state index contributed by atoms with van der Waals surface area (Å²) < 4.78 is 4.76. The van der Waals surface area contributed by atoms with Crippen LogP contribution in [0.2, 0.25) is 5.02 Å². The number of benzene rings is 1. The summed E-state index contributed by atoms with van der Waals surface area (Å²) in [5.74, 6) is -0.517. The van der Waals surface area contributed by atoms with Gasteiger partial charge in [0.25, 0.3) is 0 Å². The summed E-state index contributed by atoms with van der Waals surface area (Å²) >= 11 is 6.05. The lowest BCUT2D eigenvalue weighted by Gasteiger charge is -2.09. The summed E-state index contributed by atoms with van der Waals surface area (Å²) in [5.41, 5.74) is 1.47. The van der Waals surface area contributed by atoms with Gasteiger partial charge < -0.3 is 20.2 Å². The van der Waals surface area contributed by atoms with Gasteiger partial charge in [0, 0.05) is 28.0 Å². The maximum atomic E-state index is 11.9. The second-order valence-corrected chi connectivity index (χ2v) is 4.95. The minimum Gasteiger partial charge on any atom is -0.463 e. The minimum absolute atomic E-state index is 0.270. The van der Waals surface area contributed by atoms with Crippen LogP contribution >= 0.6 is 11.6 Å². The number of allylic oxidation sites excluding steroid dienone is 1. The highest BCUT2D eigenvalue weighted by molar-refractivity contribution is 6.33. The number of urea groups is 1. The lowest BCUT2D eigenvalue weighted by Crippen LogP contribution is -2.27. The van der Waals surface area contributed by atoms with Gasteiger partial charge in [-0.1, -0.05) is 16.8 Å². The van der Waals surface area contributed by atoms with Crippen molar-refractivity contribution in [2.24, 2.45) is 5.16 Å². The maximum Gasteiger partial charge on any atom is 0.332 e. The van der Waals surface area contributed by atoms with Crippen LogP contribution in [-0.4, -0.2) is 31.4 Å². The summed E-state index contributed by atoms with van der Waals surface area (Å²) in [6.45, 7) is 5.81. The summed E-state index contributed by atoms with van der Waals surface area (Å²) in [7, 11) is 0. The molecule has 0 aliphatic rings. The van der Waals surface area contributed by atoms with E-state index in [9.17, 15) is 9.59 Å². The normalized spacial score (nSPS) is 11.2. The summed E-state index contributed by atoms with van der Waals surface area (Å²) in [6.07, 6.45) is 2.66. The summed E-state index contributed by atoms with van der Waals surface area (Å²) in [5, 5.41) is 9.37. The van der Waals surface area contributed by atoms with Crippen LogP contribution in [0.1, 0.15) is 26.3 Å². The molecule has 0 saturated heterocycles. The predicted molar refractivity (Wildman–Crippen MR) is 93.2 cm³/mol. The van der Waals surface area contributed by atoms with E-state index in [4.69, 9.17) is 21.2 Å². The monoisotopic (exact) mass is 353 g/mol. The van der Waals surface area contributed by atoms with Gasteiger partial charge in [0.1, 0.15) is 6.61 Å². The van der Waals surface area contributed by atoms with Crippen LogP contribution < -0.4 is 10.6 Å². The van der Waals surface area contributed by atoms with Gasteiger partial charge in [-0.25, -0.2) is 9.59 Å². The highest BCUT2D eigenvalue weighted by Gasteiger charge is 2.06. The van der Waals surface area contributed by atoms with Crippen molar-refractivity contribution in [2.75, 3.05) is 18.5 Å². The standard InChI is InChI=1S/C16H20ClN3O4/c1-4-23-15(21)8-11(3)19-16(22)20-13-6-7-14(17)12(9-13)10-18-24-5-2/h6-10H,4-5H2,1-3H3,(H2,19,20,22)/b11-8-,18-10+. The molecule has 1 aromatic carbocycles. The fourth-order valence-corrected chi connectivity index (χ4v) is 1.79. The van der Waals surface area contributed by atoms with Crippen molar-refractivity contribution < 1.29 is 19.2 Å². The Labute approximate surface area is 145 Å². The van der Waals surface area contributed by atoms with Crippen molar-refractivity contribution in [3.05, 3.63) is 40.6 Å². The first-order chi connectivity index (χ1) is 11.5. The Morgan fingerprint density at radius 3 is 2.71 bits per heavy atom. The highest BCUT2D eigenvalue weighted by Crippen LogP contribution is 2.19. The molecule has 7 nitrogen and oxygen atoms in total. The molecule has 0 unspecified atom stereocenters. The Morgan fingerprint density at radius 2 is 2.04 bits per heavy atom. The molecule has 0 aliphatic carbocycles. The van der Waals surface area contributed by atoms with E-state index in [1.807, 2.05) is 6.92 Å². The predicted octanol–water partition coefficient (Wildman–Crippen LogP) is 3.30. The number of hydrogen-bond donors (Lipinski definition) is 2. The first-order valence-corrected chi connectivity index (χ1v) is 7.72. The summed E-state index contributed by atoms with van der Waals surface area (Å²) in [6, 6.07) is 4.42. The second-order valence-electron chi connectivity index (χ2n) is 4.55. The van der Waals surface area contributed by atoms with Crippen LogP contribution in [0.4, 0.5) is 10.5 Å². The second kappa shape index (κ2) is 10.3. The van der Waals surface area contributed by atoms with Crippen molar-refractivity contribution in [1.82, 2.24) is 5.32 Å². The third kappa shape index (κ3) is 7.15.